The number of non-ortho nitro benzene ring substituents is 1. The molecule has 0 heterocycles. The minimum atomic E-state index is -3.98. The Morgan fingerprint density at radius 3 is 2.60 bits per heavy atom. The van der Waals surface area contributed by atoms with Crippen molar-refractivity contribution < 1.29 is 13.3 Å². The van der Waals surface area contributed by atoms with Gasteiger partial charge in [0.05, 0.1) is 16.0 Å². The number of nitro benzene ring substituents is 1. The molecule has 2 rings (SSSR count). The van der Waals surface area contributed by atoms with Crippen LogP contribution >= 0.6 is 11.6 Å². The van der Waals surface area contributed by atoms with Crippen LogP contribution in [0.2, 0.25) is 5.02 Å². The van der Waals surface area contributed by atoms with Crippen molar-refractivity contribution >= 4 is 27.3 Å². The second kappa shape index (κ2) is 5.36. The van der Waals surface area contributed by atoms with E-state index < -0.39 is 21.0 Å². The summed E-state index contributed by atoms with van der Waals surface area (Å²) < 4.78 is 26.5. The SMILES string of the molecule is N#CC(NS(=O)(=O)c1ccc([N+](=O)[O-])cc1Cl)C1CC1. The van der Waals surface area contributed by atoms with Gasteiger partial charge < -0.3 is 0 Å². The maximum atomic E-state index is 12.1. The second-order valence-corrected chi connectivity index (χ2v) is 6.53. The van der Waals surface area contributed by atoms with Crippen LogP contribution in [-0.2, 0) is 10.0 Å². The van der Waals surface area contributed by atoms with Gasteiger partial charge in [0, 0.05) is 12.1 Å². The molecule has 106 valence electrons. The monoisotopic (exact) mass is 315 g/mol. The third-order valence-electron chi connectivity index (χ3n) is 2.93. The van der Waals surface area contributed by atoms with Gasteiger partial charge in [-0.15, -0.1) is 0 Å². The van der Waals surface area contributed by atoms with Gasteiger partial charge in [0.2, 0.25) is 10.0 Å². The zero-order valence-corrected chi connectivity index (χ0v) is 11.7. The highest BCUT2D eigenvalue weighted by Crippen LogP contribution is 2.33. The molecule has 1 aliphatic rings. The van der Waals surface area contributed by atoms with Crippen LogP contribution in [0.5, 0.6) is 0 Å². The predicted molar refractivity (Wildman–Crippen MR) is 70.6 cm³/mol. The summed E-state index contributed by atoms with van der Waals surface area (Å²) in [5.41, 5.74) is -0.298. The quantitative estimate of drug-likeness (QED) is 0.657. The Morgan fingerprint density at radius 2 is 2.15 bits per heavy atom. The first-order valence-corrected chi connectivity index (χ1v) is 7.57. The molecule has 1 fully saturated rings. The van der Waals surface area contributed by atoms with Gasteiger partial charge in [-0.1, -0.05) is 11.6 Å². The smallest absolute Gasteiger partial charge is 0.258 e. The second-order valence-electron chi connectivity index (χ2n) is 4.44. The number of hydrogen-bond donors (Lipinski definition) is 1. The van der Waals surface area contributed by atoms with Crippen LogP contribution < -0.4 is 4.72 Å². The Labute approximate surface area is 120 Å². The maximum absolute atomic E-state index is 12.1. The Morgan fingerprint density at radius 1 is 1.50 bits per heavy atom. The van der Waals surface area contributed by atoms with E-state index in [0.29, 0.717) is 0 Å². The molecule has 1 saturated carbocycles. The Hall–Kier alpha value is -1.69. The lowest BCUT2D eigenvalue weighted by Crippen LogP contribution is -2.35. The predicted octanol–water partition coefficient (Wildman–Crippen LogP) is 1.83. The molecular weight excluding hydrogens is 306 g/mol. The van der Waals surface area contributed by atoms with Crippen LogP contribution in [-0.4, -0.2) is 19.4 Å². The number of halogens is 1. The maximum Gasteiger partial charge on any atom is 0.271 e. The van der Waals surface area contributed by atoms with E-state index in [1.165, 1.54) is 0 Å². The molecule has 7 nitrogen and oxygen atoms in total. The van der Waals surface area contributed by atoms with Crippen LogP contribution in [0.1, 0.15) is 12.8 Å². The van der Waals surface area contributed by atoms with E-state index in [-0.39, 0.29) is 21.5 Å². The number of nitro groups is 1. The van der Waals surface area contributed by atoms with Crippen molar-refractivity contribution in [1.82, 2.24) is 4.72 Å². The largest absolute Gasteiger partial charge is 0.271 e. The lowest BCUT2D eigenvalue weighted by atomic mass is 10.2. The van der Waals surface area contributed by atoms with Crippen LogP contribution in [0.25, 0.3) is 0 Å². The normalized spacial score (nSPS) is 16.4. The Kier molecular flexibility index (Phi) is 3.94. The summed E-state index contributed by atoms with van der Waals surface area (Å²) in [6.45, 7) is 0. The van der Waals surface area contributed by atoms with Gasteiger partial charge >= 0.3 is 0 Å². The zero-order chi connectivity index (χ0) is 14.9. The van der Waals surface area contributed by atoms with Gasteiger partial charge in [0.25, 0.3) is 5.69 Å². The summed E-state index contributed by atoms with van der Waals surface area (Å²) >= 11 is 5.77. The number of sulfonamides is 1. The van der Waals surface area contributed by atoms with Crippen molar-refractivity contribution in [2.24, 2.45) is 5.92 Å². The van der Waals surface area contributed by atoms with Crippen molar-refractivity contribution in [3.8, 4) is 6.07 Å². The fourth-order valence-corrected chi connectivity index (χ4v) is 3.46. The molecule has 1 aliphatic carbocycles. The molecule has 1 aromatic rings. The van der Waals surface area contributed by atoms with E-state index in [1.54, 1.807) is 0 Å². The van der Waals surface area contributed by atoms with Gasteiger partial charge in [-0.25, -0.2) is 8.42 Å². The number of benzene rings is 1. The summed E-state index contributed by atoms with van der Waals surface area (Å²) in [5.74, 6) is 0.0200. The molecule has 0 radical (unpaired) electrons. The van der Waals surface area contributed by atoms with Gasteiger partial charge in [0.1, 0.15) is 10.9 Å². The van der Waals surface area contributed by atoms with E-state index in [0.717, 1.165) is 31.0 Å². The molecular formula is C11H10ClN3O4S. The van der Waals surface area contributed by atoms with Crippen LogP contribution in [0.4, 0.5) is 5.69 Å². The number of nitrogens with one attached hydrogen (secondary N) is 1. The lowest BCUT2D eigenvalue weighted by molar-refractivity contribution is -0.384. The number of nitrogens with zero attached hydrogens (tertiary/aromatic N) is 2. The fraction of sp³-hybridized carbons (Fsp3) is 0.364. The van der Waals surface area contributed by atoms with Gasteiger partial charge in [-0.05, 0) is 24.8 Å². The molecule has 1 N–H and O–H groups in total. The van der Waals surface area contributed by atoms with Gasteiger partial charge in [0.15, 0.2) is 0 Å². The third kappa shape index (κ3) is 3.07. The summed E-state index contributed by atoms with van der Waals surface area (Å²) in [7, 11) is -3.98. The van der Waals surface area contributed by atoms with E-state index in [2.05, 4.69) is 4.72 Å². The summed E-state index contributed by atoms with van der Waals surface area (Å²) in [4.78, 5) is 9.63. The highest BCUT2D eigenvalue weighted by Gasteiger charge is 2.35. The first-order chi connectivity index (χ1) is 9.35. The molecule has 0 aliphatic heterocycles. The topological polar surface area (TPSA) is 113 Å². The van der Waals surface area contributed by atoms with Crippen molar-refractivity contribution in [3.05, 3.63) is 33.3 Å². The fourth-order valence-electron chi connectivity index (χ4n) is 1.71. The van der Waals surface area contributed by atoms with Crippen LogP contribution in [0.3, 0.4) is 0 Å². The van der Waals surface area contributed by atoms with Crippen molar-refractivity contribution in [1.29, 1.82) is 5.26 Å². The molecule has 0 amide bonds. The summed E-state index contributed by atoms with van der Waals surface area (Å²) in [6.07, 6.45) is 1.60. The van der Waals surface area contributed by atoms with Crippen molar-refractivity contribution in [3.63, 3.8) is 0 Å². The van der Waals surface area contributed by atoms with Crippen LogP contribution in [0.15, 0.2) is 23.1 Å². The molecule has 0 saturated heterocycles. The standard InChI is InChI=1S/C11H10ClN3O4S/c12-9-5-8(15(16)17)3-4-11(9)20(18,19)14-10(6-13)7-1-2-7/h3-5,7,10,14H,1-2H2. The number of rotatable bonds is 5. The van der Waals surface area contributed by atoms with E-state index in [1.807, 2.05) is 6.07 Å². The molecule has 1 unspecified atom stereocenters. The zero-order valence-electron chi connectivity index (χ0n) is 10.1. The highest BCUT2D eigenvalue weighted by molar-refractivity contribution is 7.89. The first kappa shape index (κ1) is 14.7. The molecule has 20 heavy (non-hydrogen) atoms. The minimum absolute atomic E-state index is 0.0200. The van der Waals surface area contributed by atoms with Crippen molar-refractivity contribution in [2.75, 3.05) is 0 Å². The number of hydrogen-bond acceptors (Lipinski definition) is 5. The molecule has 0 bridgehead atoms. The average molecular weight is 316 g/mol. The molecule has 1 aromatic carbocycles. The van der Waals surface area contributed by atoms with E-state index in [9.17, 15) is 18.5 Å². The van der Waals surface area contributed by atoms with Crippen molar-refractivity contribution in [2.45, 2.75) is 23.8 Å². The summed E-state index contributed by atoms with van der Waals surface area (Å²) in [5, 5.41) is 19.3. The molecule has 0 aromatic heterocycles. The first-order valence-electron chi connectivity index (χ1n) is 5.71. The Bertz CT molecular complexity index is 694. The summed E-state index contributed by atoms with van der Waals surface area (Å²) in [6, 6.07) is 4.18. The van der Waals surface area contributed by atoms with E-state index in [4.69, 9.17) is 16.9 Å². The highest BCUT2D eigenvalue weighted by atomic mass is 35.5. The van der Waals surface area contributed by atoms with E-state index >= 15 is 0 Å². The molecule has 1 atom stereocenters. The minimum Gasteiger partial charge on any atom is -0.258 e. The molecule has 9 heteroatoms. The number of nitriles is 1. The lowest BCUT2D eigenvalue weighted by Gasteiger charge is -2.12. The average Bonchev–Trinajstić information content (AvgIpc) is 3.19. The van der Waals surface area contributed by atoms with Gasteiger partial charge in [-0.2, -0.15) is 9.98 Å². The van der Waals surface area contributed by atoms with Gasteiger partial charge in [-0.3, -0.25) is 10.1 Å². The third-order valence-corrected chi connectivity index (χ3v) is 4.85. The molecule has 0 spiro atoms. The Balaban J connectivity index is 2.30. The van der Waals surface area contributed by atoms with Crippen LogP contribution in [0, 0.1) is 27.4 Å².